The van der Waals surface area contributed by atoms with Crippen molar-refractivity contribution in [3.63, 3.8) is 0 Å². The normalized spacial score (nSPS) is 11.1. The molecule has 0 saturated carbocycles. The van der Waals surface area contributed by atoms with Crippen LogP contribution in [0.4, 0.5) is 5.69 Å². The van der Waals surface area contributed by atoms with Gasteiger partial charge in [0.1, 0.15) is 4.83 Å². The zero-order chi connectivity index (χ0) is 19.4. The van der Waals surface area contributed by atoms with Crippen LogP contribution in [-0.4, -0.2) is 21.7 Å². The third-order valence-corrected chi connectivity index (χ3v) is 6.38. The van der Waals surface area contributed by atoms with Gasteiger partial charge in [-0.1, -0.05) is 25.8 Å². The molecular weight excluding hydrogens is 378 g/mol. The Bertz CT molecular complexity index is 1020. The number of thiophene rings is 1. The molecular formula is C20H23N3O2S2. The first-order valence-corrected chi connectivity index (χ1v) is 11.0. The van der Waals surface area contributed by atoms with Crippen LogP contribution in [0.1, 0.15) is 41.4 Å². The lowest BCUT2D eigenvalue weighted by Gasteiger charge is -2.06. The Hall–Kier alpha value is -2.12. The highest BCUT2D eigenvalue weighted by Crippen LogP contribution is 2.28. The summed E-state index contributed by atoms with van der Waals surface area (Å²) in [5, 5.41) is 3.49. The lowest BCUT2D eigenvalue weighted by molar-refractivity contribution is 0.103. The molecule has 5 nitrogen and oxygen atoms in total. The Kier molecular flexibility index (Phi) is 6.34. The fraction of sp³-hybridized carbons (Fsp3) is 0.350. The van der Waals surface area contributed by atoms with Crippen molar-refractivity contribution in [3.8, 4) is 0 Å². The molecule has 3 aromatic rings. The molecule has 1 N–H and O–H groups in total. The largest absolute Gasteiger partial charge is 0.321 e. The van der Waals surface area contributed by atoms with E-state index in [0.29, 0.717) is 27.2 Å². The van der Waals surface area contributed by atoms with Crippen molar-refractivity contribution in [1.82, 2.24) is 9.55 Å². The highest BCUT2D eigenvalue weighted by Gasteiger charge is 2.19. The van der Waals surface area contributed by atoms with Crippen LogP contribution in [0, 0.1) is 6.92 Å². The minimum Gasteiger partial charge on any atom is -0.321 e. The number of amides is 1. The molecule has 0 spiro atoms. The monoisotopic (exact) mass is 401 g/mol. The van der Waals surface area contributed by atoms with Crippen LogP contribution in [0.2, 0.25) is 0 Å². The molecule has 2 aromatic heterocycles. The number of hydrogen-bond donors (Lipinski definition) is 1. The third-order valence-electron chi connectivity index (χ3n) is 4.45. The smallest absolute Gasteiger partial charge is 0.266 e. The molecule has 3 rings (SSSR count). The van der Waals surface area contributed by atoms with Crippen molar-refractivity contribution >= 4 is 44.9 Å². The lowest BCUT2D eigenvalue weighted by Crippen LogP contribution is -2.20. The number of rotatable bonds is 7. The number of nitrogens with one attached hydrogen (secondary N) is 1. The minimum absolute atomic E-state index is 0.0618. The van der Waals surface area contributed by atoms with Gasteiger partial charge in [0.05, 0.1) is 16.6 Å². The molecule has 0 fully saturated rings. The molecule has 0 atom stereocenters. The molecule has 0 saturated heterocycles. The summed E-state index contributed by atoms with van der Waals surface area (Å²) in [5.41, 5.74) is 1.39. The molecule has 0 bridgehead atoms. The Morgan fingerprint density at radius 2 is 2.15 bits per heavy atom. The summed E-state index contributed by atoms with van der Waals surface area (Å²) in [7, 11) is 0. The Balaban J connectivity index is 1.90. The van der Waals surface area contributed by atoms with Crippen molar-refractivity contribution in [1.29, 1.82) is 0 Å². The lowest BCUT2D eigenvalue weighted by atomic mass is 10.2. The van der Waals surface area contributed by atoms with Crippen LogP contribution < -0.4 is 10.9 Å². The van der Waals surface area contributed by atoms with E-state index in [9.17, 15) is 9.59 Å². The number of carbonyl (C=O) groups is 1. The topological polar surface area (TPSA) is 64.0 Å². The van der Waals surface area contributed by atoms with Gasteiger partial charge in [0, 0.05) is 17.1 Å². The van der Waals surface area contributed by atoms with E-state index in [4.69, 9.17) is 0 Å². The second kappa shape index (κ2) is 8.71. The van der Waals surface area contributed by atoms with Gasteiger partial charge < -0.3 is 5.32 Å². The number of aromatic nitrogens is 2. The quantitative estimate of drug-likeness (QED) is 0.450. The van der Waals surface area contributed by atoms with Gasteiger partial charge in [0.25, 0.3) is 11.5 Å². The fourth-order valence-electron chi connectivity index (χ4n) is 2.96. The molecule has 0 aliphatic rings. The summed E-state index contributed by atoms with van der Waals surface area (Å²) in [6.07, 6.45) is 6.72. The number of nitrogens with zero attached hydrogens (tertiary/aromatic N) is 2. The van der Waals surface area contributed by atoms with E-state index in [0.717, 1.165) is 29.8 Å². The maximum atomic E-state index is 12.8. The summed E-state index contributed by atoms with van der Waals surface area (Å²) in [6.45, 7) is 4.62. The predicted molar refractivity (Wildman–Crippen MR) is 114 cm³/mol. The van der Waals surface area contributed by atoms with Crippen LogP contribution in [-0.2, 0) is 6.54 Å². The summed E-state index contributed by atoms with van der Waals surface area (Å²) in [6, 6.07) is 7.70. The fourth-order valence-corrected chi connectivity index (χ4v) is 4.45. The van der Waals surface area contributed by atoms with Crippen molar-refractivity contribution in [2.45, 2.75) is 44.6 Å². The second-order valence-electron chi connectivity index (χ2n) is 6.37. The molecule has 1 aromatic carbocycles. The number of aryl methyl sites for hydroxylation is 2. The average Bonchev–Trinajstić information content (AvgIpc) is 3.01. The van der Waals surface area contributed by atoms with Crippen molar-refractivity contribution < 1.29 is 4.79 Å². The van der Waals surface area contributed by atoms with Gasteiger partial charge in [0.15, 0.2) is 0 Å². The number of unbranched alkanes of at least 4 members (excludes halogenated alkanes) is 2. The standard InChI is InChI=1S/C20H23N3O2S2/c1-4-5-6-10-23-12-21-19-16(20(23)25)13(2)17(27-19)18(24)22-14-8-7-9-15(11-14)26-3/h7-9,11-12H,4-6,10H2,1-3H3,(H,22,24). The van der Waals surface area contributed by atoms with Crippen LogP contribution in [0.15, 0.2) is 40.3 Å². The molecule has 0 aliphatic carbocycles. The number of fused-ring (bicyclic) bond motifs is 1. The zero-order valence-corrected chi connectivity index (χ0v) is 17.4. The van der Waals surface area contributed by atoms with Gasteiger partial charge in [-0.25, -0.2) is 4.98 Å². The van der Waals surface area contributed by atoms with E-state index < -0.39 is 0 Å². The minimum atomic E-state index is -0.203. The van der Waals surface area contributed by atoms with E-state index in [-0.39, 0.29) is 11.5 Å². The second-order valence-corrected chi connectivity index (χ2v) is 8.25. The van der Waals surface area contributed by atoms with Crippen LogP contribution in [0.3, 0.4) is 0 Å². The Morgan fingerprint density at radius 1 is 1.33 bits per heavy atom. The molecule has 142 valence electrons. The van der Waals surface area contributed by atoms with Gasteiger partial charge >= 0.3 is 0 Å². The summed E-state index contributed by atoms with van der Waals surface area (Å²) < 4.78 is 1.65. The molecule has 0 radical (unpaired) electrons. The van der Waals surface area contributed by atoms with E-state index in [1.165, 1.54) is 11.3 Å². The highest BCUT2D eigenvalue weighted by molar-refractivity contribution is 7.98. The number of carbonyl (C=O) groups excluding carboxylic acids is 1. The van der Waals surface area contributed by atoms with Crippen LogP contribution >= 0.6 is 23.1 Å². The van der Waals surface area contributed by atoms with E-state index in [1.54, 1.807) is 22.7 Å². The number of benzene rings is 1. The van der Waals surface area contributed by atoms with Crippen molar-refractivity contribution in [3.05, 3.63) is 51.4 Å². The first-order chi connectivity index (χ1) is 13.0. The number of hydrogen-bond acceptors (Lipinski definition) is 5. The summed E-state index contributed by atoms with van der Waals surface area (Å²) >= 11 is 2.89. The maximum absolute atomic E-state index is 12.8. The molecule has 2 heterocycles. The Labute approximate surface area is 166 Å². The van der Waals surface area contributed by atoms with Crippen LogP contribution in [0.25, 0.3) is 10.2 Å². The van der Waals surface area contributed by atoms with Crippen molar-refractivity contribution in [2.24, 2.45) is 0 Å². The molecule has 27 heavy (non-hydrogen) atoms. The maximum Gasteiger partial charge on any atom is 0.266 e. The summed E-state index contributed by atoms with van der Waals surface area (Å²) in [5.74, 6) is -0.203. The van der Waals surface area contributed by atoms with E-state index >= 15 is 0 Å². The zero-order valence-electron chi connectivity index (χ0n) is 15.7. The first kappa shape index (κ1) is 19.6. The van der Waals surface area contributed by atoms with Crippen LogP contribution in [0.5, 0.6) is 0 Å². The molecule has 7 heteroatoms. The van der Waals surface area contributed by atoms with E-state index in [2.05, 4.69) is 17.2 Å². The highest BCUT2D eigenvalue weighted by atomic mass is 32.2. The Morgan fingerprint density at radius 3 is 2.89 bits per heavy atom. The van der Waals surface area contributed by atoms with Gasteiger partial charge in [-0.15, -0.1) is 23.1 Å². The van der Waals surface area contributed by atoms with E-state index in [1.807, 2.05) is 37.4 Å². The third kappa shape index (κ3) is 4.25. The first-order valence-electron chi connectivity index (χ1n) is 8.99. The summed E-state index contributed by atoms with van der Waals surface area (Å²) in [4.78, 5) is 32.2. The van der Waals surface area contributed by atoms with Crippen molar-refractivity contribution in [2.75, 3.05) is 11.6 Å². The predicted octanol–water partition coefficient (Wildman–Crippen LogP) is 4.93. The molecule has 0 unspecified atom stereocenters. The van der Waals surface area contributed by atoms with Gasteiger partial charge in [-0.3, -0.25) is 14.2 Å². The van der Waals surface area contributed by atoms with Gasteiger partial charge in [-0.05, 0) is 43.4 Å². The van der Waals surface area contributed by atoms with Gasteiger partial charge in [-0.2, -0.15) is 0 Å². The molecule has 1 amide bonds. The molecule has 0 aliphatic heterocycles. The number of thioether (sulfide) groups is 1. The number of anilines is 1. The SMILES string of the molecule is CCCCCn1cnc2sc(C(=O)Nc3cccc(SC)c3)c(C)c2c1=O. The van der Waals surface area contributed by atoms with Gasteiger partial charge in [0.2, 0.25) is 0 Å². The average molecular weight is 402 g/mol.